The number of hydrogen-bond acceptors (Lipinski definition) is 4. The Morgan fingerprint density at radius 1 is 1.20 bits per heavy atom. The van der Waals surface area contributed by atoms with Crippen LogP contribution in [0.25, 0.3) is 0 Å². The van der Waals surface area contributed by atoms with Gasteiger partial charge in [0.15, 0.2) is 5.60 Å². The zero-order valence-corrected chi connectivity index (χ0v) is 9.62. The van der Waals surface area contributed by atoms with Gasteiger partial charge in [-0.1, -0.05) is 0 Å². The molecule has 0 fully saturated rings. The summed E-state index contributed by atoms with van der Waals surface area (Å²) in [5, 5.41) is 9.00. The van der Waals surface area contributed by atoms with Gasteiger partial charge in [0.1, 0.15) is 0 Å². The number of methoxy groups -OCH3 is 2. The molecule has 0 aliphatic heterocycles. The van der Waals surface area contributed by atoms with Crippen molar-refractivity contribution < 1.29 is 24.1 Å². The summed E-state index contributed by atoms with van der Waals surface area (Å²) in [6, 6.07) is 0. The number of aliphatic carboxylic acids is 1. The maximum atomic E-state index is 11.0. The van der Waals surface area contributed by atoms with Crippen LogP contribution < -0.4 is 0 Å². The lowest BCUT2D eigenvalue weighted by molar-refractivity contribution is -0.166. The Balaban J connectivity index is 3.96. The molecule has 1 atom stereocenters. The molecular weight excluding hydrogens is 200 g/mol. The van der Waals surface area contributed by atoms with Gasteiger partial charge in [0.05, 0.1) is 6.61 Å². The Hall–Kier alpha value is -0.650. The van der Waals surface area contributed by atoms with Crippen LogP contribution in [0.4, 0.5) is 0 Å². The number of carbonyl (C=O) groups is 1. The van der Waals surface area contributed by atoms with Gasteiger partial charge in [-0.2, -0.15) is 0 Å². The van der Waals surface area contributed by atoms with Gasteiger partial charge in [-0.25, -0.2) is 4.79 Å². The van der Waals surface area contributed by atoms with Crippen LogP contribution in [0.15, 0.2) is 0 Å². The molecule has 0 rings (SSSR count). The fourth-order valence-corrected chi connectivity index (χ4v) is 1.04. The second-order valence-electron chi connectivity index (χ2n) is 3.47. The molecule has 0 aromatic carbocycles. The van der Waals surface area contributed by atoms with Crippen molar-refractivity contribution in [1.82, 2.24) is 0 Å². The summed E-state index contributed by atoms with van der Waals surface area (Å²) >= 11 is 0. The number of ether oxygens (including phenoxy) is 3. The van der Waals surface area contributed by atoms with E-state index in [1.807, 2.05) is 0 Å². The Kier molecular flexibility index (Phi) is 7.29. The van der Waals surface area contributed by atoms with Crippen molar-refractivity contribution >= 4 is 5.97 Å². The zero-order valence-electron chi connectivity index (χ0n) is 9.62. The average molecular weight is 220 g/mol. The molecule has 90 valence electrons. The van der Waals surface area contributed by atoms with Crippen molar-refractivity contribution in [2.75, 3.05) is 34.0 Å². The molecule has 0 heterocycles. The highest BCUT2D eigenvalue weighted by Crippen LogP contribution is 2.16. The molecule has 1 unspecified atom stereocenters. The number of rotatable bonds is 9. The van der Waals surface area contributed by atoms with Gasteiger partial charge < -0.3 is 19.3 Å². The van der Waals surface area contributed by atoms with Crippen molar-refractivity contribution in [3.05, 3.63) is 0 Å². The Morgan fingerprint density at radius 3 is 2.27 bits per heavy atom. The van der Waals surface area contributed by atoms with Gasteiger partial charge in [-0.05, 0) is 13.3 Å². The SMILES string of the molecule is COCCCOC(C)(CCOC)C(=O)O. The van der Waals surface area contributed by atoms with Crippen molar-refractivity contribution in [3.63, 3.8) is 0 Å². The number of carboxylic acids is 1. The van der Waals surface area contributed by atoms with E-state index in [9.17, 15) is 4.79 Å². The first kappa shape index (κ1) is 14.3. The second-order valence-corrected chi connectivity index (χ2v) is 3.47. The molecule has 5 heteroatoms. The number of carboxylic acid groups (broad SMARTS) is 1. The Bertz CT molecular complexity index is 183. The third-order valence-corrected chi connectivity index (χ3v) is 2.15. The molecule has 0 saturated carbocycles. The van der Waals surface area contributed by atoms with Crippen LogP contribution in [0.3, 0.4) is 0 Å². The third-order valence-electron chi connectivity index (χ3n) is 2.15. The largest absolute Gasteiger partial charge is 0.479 e. The zero-order chi connectivity index (χ0) is 11.7. The van der Waals surface area contributed by atoms with Crippen molar-refractivity contribution in [2.24, 2.45) is 0 Å². The monoisotopic (exact) mass is 220 g/mol. The molecule has 0 spiro atoms. The molecule has 5 nitrogen and oxygen atoms in total. The predicted molar refractivity (Wildman–Crippen MR) is 55.0 cm³/mol. The van der Waals surface area contributed by atoms with Crippen molar-refractivity contribution in [1.29, 1.82) is 0 Å². The van der Waals surface area contributed by atoms with E-state index in [-0.39, 0.29) is 0 Å². The van der Waals surface area contributed by atoms with Gasteiger partial charge in [-0.3, -0.25) is 0 Å². The number of hydrogen-bond donors (Lipinski definition) is 1. The van der Waals surface area contributed by atoms with E-state index in [1.165, 1.54) is 7.11 Å². The highest BCUT2D eigenvalue weighted by molar-refractivity contribution is 5.76. The van der Waals surface area contributed by atoms with E-state index in [0.717, 1.165) is 0 Å². The lowest BCUT2D eigenvalue weighted by Crippen LogP contribution is -2.40. The standard InChI is InChI=1S/C10H20O5/c1-10(9(11)12,5-8-14-3)15-7-4-6-13-2/h4-8H2,1-3H3,(H,11,12). The smallest absolute Gasteiger partial charge is 0.335 e. The summed E-state index contributed by atoms with van der Waals surface area (Å²) in [5.74, 6) is -0.961. The maximum Gasteiger partial charge on any atom is 0.335 e. The molecule has 0 aromatic heterocycles. The first-order chi connectivity index (χ1) is 7.06. The van der Waals surface area contributed by atoms with Crippen LogP contribution in [0.1, 0.15) is 19.8 Å². The van der Waals surface area contributed by atoms with Crippen LogP contribution in [-0.2, 0) is 19.0 Å². The van der Waals surface area contributed by atoms with Crippen LogP contribution in [0.5, 0.6) is 0 Å². The lowest BCUT2D eigenvalue weighted by atomic mass is 10.0. The first-order valence-corrected chi connectivity index (χ1v) is 4.92. The molecule has 0 saturated heterocycles. The summed E-state index contributed by atoms with van der Waals surface area (Å²) in [5.41, 5.74) is -1.16. The molecule has 0 aliphatic rings. The highest BCUT2D eigenvalue weighted by atomic mass is 16.5. The fourth-order valence-electron chi connectivity index (χ4n) is 1.04. The molecule has 0 aliphatic carbocycles. The van der Waals surface area contributed by atoms with Crippen LogP contribution in [0, 0.1) is 0 Å². The minimum Gasteiger partial charge on any atom is -0.479 e. The van der Waals surface area contributed by atoms with Gasteiger partial charge >= 0.3 is 5.97 Å². The van der Waals surface area contributed by atoms with Gasteiger partial charge in [0.2, 0.25) is 0 Å². The van der Waals surface area contributed by atoms with E-state index < -0.39 is 11.6 Å². The maximum absolute atomic E-state index is 11.0. The molecule has 0 aromatic rings. The van der Waals surface area contributed by atoms with Gasteiger partial charge in [0, 0.05) is 33.9 Å². The normalized spacial score (nSPS) is 14.9. The highest BCUT2D eigenvalue weighted by Gasteiger charge is 2.33. The van der Waals surface area contributed by atoms with Crippen molar-refractivity contribution in [3.8, 4) is 0 Å². The van der Waals surface area contributed by atoms with Crippen molar-refractivity contribution in [2.45, 2.75) is 25.4 Å². The average Bonchev–Trinajstić information content (AvgIpc) is 2.21. The van der Waals surface area contributed by atoms with Crippen LogP contribution in [0.2, 0.25) is 0 Å². The quantitative estimate of drug-likeness (QED) is 0.585. The predicted octanol–water partition coefficient (Wildman–Crippen LogP) is 0.919. The molecule has 0 radical (unpaired) electrons. The summed E-state index contributed by atoms with van der Waals surface area (Å²) in [7, 11) is 3.13. The van der Waals surface area contributed by atoms with Crippen LogP contribution in [-0.4, -0.2) is 50.7 Å². The minimum absolute atomic E-state index is 0.339. The fraction of sp³-hybridized carbons (Fsp3) is 0.900. The molecule has 1 N–H and O–H groups in total. The lowest BCUT2D eigenvalue weighted by Gasteiger charge is -2.24. The van der Waals surface area contributed by atoms with Crippen LogP contribution >= 0.6 is 0 Å². The third kappa shape index (κ3) is 5.71. The van der Waals surface area contributed by atoms with E-state index in [0.29, 0.717) is 32.7 Å². The van der Waals surface area contributed by atoms with Gasteiger partial charge in [0.25, 0.3) is 0 Å². The van der Waals surface area contributed by atoms with Gasteiger partial charge in [-0.15, -0.1) is 0 Å². The topological polar surface area (TPSA) is 65.0 Å². The first-order valence-electron chi connectivity index (χ1n) is 4.92. The Morgan fingerprint density at radius 2 is 1.80 bits per heavy atom. The Labute approximate surface area is 90.3 Å². The second kappa shape index (κ2) is 7.62. The summed E-state index contributed by atoms with van der Waals surface area (Å²) in [4.78, 5) is 11.0. The van der Waals surface area contributed by atoms with E-state index in [4.69, 9.17) is 19.3 Å². The summed E-state index contributed by atoms with van der Waals surface area (Å²) in [6.45, 7) is 2.87. The molecule has 0 bridgehead atoms. The van der Waals surface area contributed by atoms with E-state index in [2.05, 4.69) is 0 Å². The minimum atomic E-state index is -1.16. The van der Waals surface area contributed by atoms with E-state index in [1.54, 1.807) is 14.0 Å². The molecule has 15 heavy (non-hydrogen) atoms. The summed E-state index contributed by atoms with van der Waals surface area (Å²) in [6.07, 6.45) is 1.03. The van der Waals surface area contributed by atoms with E-state index >= 15 is 0 Å². The molecular formula is C10H20O5. The summed E-state index contributed by atoms with van der Waals surface area (Å²) < 4.78 is 15.0. The molecule has 0 amide bonds.